The Hall–Kier alpha value is -9.26. The summed E-state index contributed by atoms with van der Waals surface area (Å²) in [6, 6.07) is 31.9. The van der Waals surface area contributed by atoms with E-state index >= 15 is 0 Å². The number of pyridine rings is 2. The third kappa shape index (κ3) is 17.5. The van der Waals surface area contributed by atoms with E-state index in [-0.39, 0.29) is 47.9 Å². The van der Waals surface area contributed by atoms with Crippen LogP contribution in [-0.2, 0) is 47.5 Å². The summed E-state index contributed by atoms with van der Waals surface area (Å²) in [5.74, 6) is -1.26. The molecule has 6 heterocycles. The quantitative estimate of drug-likeness (QED) is 0.0264. The Labute approximate surface area is 592 Å². The van der Waals surface area contributed by atoms with E-state index in [2.05, 4.69) is 110 Å². The van der Waals surface area contributed by atoms with Crippen molar-refractivity contribution < 1.29 is 40.8 Å². The van der Waals surface area contributed by atoms with Crippen LogP contribution in [0.25, 0.3) is 87.3 Å². The average Bonchev–Trinajstić information content (AvgIpc) is 1.59. The molecule has 2 saturated carbocycles. The van der Waals surface area contributed by atoms with Gasteiger partial charge in [0.2, 0.25) is 31.9 Å². The summed E-state index contributed by atoms with van der Waals surface area (Å²) in [7, 11) is -5.79. The number of aromatic nitrogens is 6. The van der Waals surface area contributed by atoms with Gasteiger partial charge in [0.1, 0.15) is 13.1 Å². The number of esters is 1. The number of methoxy groups -OCH3 is 1. The zero-order chi connectivity index (χ0) is 71.4. The molecule has 522 valence electrons. The number of hydrogen-bond acceptors (Lipinski definition) is 15. The monoisotopic (exact) mass is 1420 g/mol. The molecular formula is C77H86N10O9S4. The normalized spacial score (nSPS) is 13.6. The van der Waals surface area contributed by atoms with Crippen LogP contribution in [0, 0.1) is 27.7 Å². The zero-order valence-corrected chi connectivity index (χ0v) is 60.6. The number of sulfonamides is 2. The van der Waals surface area contributed by atoms with Crippen molar-refractivity contribution in [3.63, 3.8) is 0 Å². The smallest absolute Gasteiger partial charge is 0.337 e. The van der Waals surface area contributed by atoms with Crippen molar-refractivity contribution >= 4 is 110 Å². The van der Waals surface area contributed by atoms with Crippen molar-refractivity contribution in [2.24, 2.45) is 5.14 Å². The molecule has 4 aromatic carbocycles. The first kappa shape index (κ1) is 73.5. The molecule has 0 saturated heterocycles. The lowest BCUT2D eigenvalue weighted by atomic mass is 9.81. The van der Waals surface area contributed by atoms with Gasteiger partial charge in [0.15, 0.2) is 0 Å². The molecule has 10 aromatic rings. The number of nitrogens with one attached hydrogen (secondary N) is 3. The molecule has 100 heavy (non-hydrogen) atoms. The van der Waals surface area contributed by atoms with Crippen LogP contribution < -0.4 is 20.5 Å². The average molecular weight is 1420 g/mol. The van der Waals surface area contributed by atoms with Crippen LogP contribution in [0.15, 0.2) is 148 Å². The number of primary sulfonamides is 1. The maximum absolute atomic E-state index is 13.4. The highest BCUT2D eigenvalue weighted by Gasteiger charge is 2.31. The van der Waals surface area contributed by atoms with E-state index in [0.717, 1.165) is 147 Å². The Morgan fingerprint density at radius 2 is 1.00 bits per heavy atom. The Bertz CT molecular complexity index is 5010. The number of aryl methyl sites for hydroxylation is 4. The molecule has 2 aliphatic rings. The Morgan fingerprint density at radius 1 is 0.560 bits per heavy atom. The standard InChI is InChI=1S/C38H41N5O4S2.C36H38N4O3S.C3H7NO2S/c1-5-7-19-39-34(44)23-43-33-22-29(38(45)42-49(46,47)20-6-2)13-16-30(33)35(26-11-9-8-10-12-26)36(43)28-15-17-31-27(21-28)14-18-32(41-31)37-24(3)40-25(4)48-37;1-5-6-18-37-32(41)21-40-31-20-27(36(42)43-4)12-15-28(31)33(24-10-8-7-9-11-24)34(40)26-14-16-29-25(19-26)13-17-30(39-29)35-22(2)38-23(3)44-35;1-2-3-7(4,5)6/h5-6,13-18,21-22,26H,1-2,7-12,19-20,23H2,3-4H3,(H,39,44)(H,42,45);5,12-17,19-20,24H,1,6-11,18,21H2,2-4H3,(H,37,41);2H,1,3H2,(H2,4,5,6). The minimum absolute atomic E-state index is 0.0226. The largest absolute Gasteiger partial charge is 0.465 e. The zero-order valence-electron chi connectivity index (χ0n) is 57.3. The van der Waals surface area contributed by atoms with E-state index in [9.17, 15) is 36.0 Å². The second-order valence-corrected chi connectivity index (χ2v) is 31.1. The van der Waals surface area contributed by atoms with Crippen molar-refractivity contribution in [3.8, 4) is 43.7 Å². The first-order valence-electron chi connectivity index (χ1n) is 33.7. The minimum atomic E-state index is -3.89. The van der Waals surface area contributed by atoms with Gasteiger partial charge in [-0.05, 0) is 161 Å². The number of benzene rings is 4. The molecule has 0 spiro atoms. The first-order chi connectivity index (χ1) is 48.0. The SMILES string of the molecule is C=CCCNC(=O)Cn1c(-c2ccc3nc(-c4sc(C)nc4C)ccc3c2)c(C2CCCCC2)c2ccc(C(=O)NS(=O)(=O)CC=C)cc21.C=CCCNC(=O)Cn1c(-c2ccc3nc(-c4sc(C)nc4C)ccc3c2)c(C2CCCCC2)c2ccc(C(=O)OC)cc21.C=CCS(N)(=O)=O. The number of ether oxygens (including phenoxy) is 1. The van der Waals surface area contributed by atoms with Gasteiger partial charge < -0.3 is 24.5 Å². The summed E-state index contributed by atoms with van der Waals surface area (Å²) in [4.78, 5) is 73.9. The van der Waals surface area contributed by atoms with E-state index in [1.165, 1.54) is 50.5 Å². The maximum Gasteiger partial charge on any atom is 0.337 e. The highest BCUT2D eigenvalue weighted by molar-refractivity contribution is 7.90. The van der Waals surface area contributed by atoms with Crippen molar-refractivity contribution in [2.75, 3.05) is 31.7 Å². The molecule has 0 radical (unpaired) electrons. The Balaban J connectivity index is 0.000000198. The van der Waals surface area contributed by atoms with Crippen molar-refractivity contribution in [2.45, 2.75) is 130 Å². The minimum Gasteiger partial charge on any atom is -0.465 e. The fourth-order valence-corrected chi connectivity index (χ4v) is 16.5. The number of hydrogen-bond donors (Lipinski definition) is 4. The number of fused-ring (bicyclic) bond motifs is 4. The number of rotatable bonds is 23. The lowest BCUT2D eigenvalue weighted by Crippen LogP contribution is -2.32. The number of nitrogens with two attached hydrogens (primary N) is 1. The third-order valence-electron chi connectivity index (χ3n) is 18.0. The predicted octanol–water partition coefficient (Wildman–Crippen LogP) is 15.2. The molecule has 5 N–H and O–H groups in total. The Kier molecular flexibility index (Phi) is 24.1. The highest BCUT2D eigenvalue weighted by Crippen LogP contribution is 2.47. The summed E-state index contributed by atoms with van der Waals surface area (Å²) < 4.78 is 56.0. The first-order valence-corrected chi connectivity index (χ1v) is 38.7. The number of amides is 3. The van der Waals surface area contributed by atoms with Gasteiger partial charge in [-0.3, -0.25) is 14.4 Å². The van der Waals surface area contributed by atoms with Crippen LogP contribution >= 0.6 is 22.7 Å². The molecule has 2 aliphatic carbocycles. The van der Waals surface area contributed by atoms with Crippen molar-refractivity contribution in [1.29, 1.82) is 0 Å². The molecule has 12 rings (SSSR count). The van der Waals surface area contributed by atoms with Crippen LogP contribution in [0.5, 0.6) is 0 Å². The number of carbonyl (C=O) groups is 4. The van der Waals surface area contributed by atoms with Gasteiger partial charge in [-0.15, -0.1) is 49.0 Å². The van der Waals surface area contributed by atoms with Gasteiger partial charge in [0.25, 0.3) is 5.91 Å². The summed E-state index contributed by atoms with van der Waals surface area (Å²) >= 11 is 3.29. The van der Waals surface area contributed by atoms with E-state index in [1.807, 2.05) is 68.7 Å². The molecule has 2 fully saturated rings. The molecule has 23 heteroatoms. The van der Waals surface area contributed by atoms with Crippen molar-refractivity contribution in [1.82, 2.24) is 44.4 Å². The summed E-state index contributed by atoms with van der Waals surface area (Å²) in [5, 5.41) is 16.6. The maximum atomic E-state index is 13.4. The second-order valence-electron chi connectivity index (χ2n) is 25.3. The number of nitrogens with zero attached hydrogens (tertiary/aromatic N) is 6. The summed E-state index contributed by atoms with van der Waals surface area (Å²) in [6.07, 6.45) is 18.6. The van der Waals surface area contributed by atoms with Crippen LogP contribution in [-0.4, -0.2) is 101 Å². The van der Waals surface area contributed by atoms with E-state index < -0.39 is 31.9 Å². The molecule has 0 bridgehead atoms. The van der Waals surface area contributed by atoms with E-state index in [0.29, 0.717) is 42.9 Å². The van der Waals surface area contributed by atoms with Gasteiger partial charge in [-0.2, -0.15) is 0 Å². The molecule has 3 amide bonds. The van der Waals surface area contributed by atoms with Gasteiger partial charge in [0, 0.05) is 40.2 Å². The fourth-order valence-electron chi connectivity index (χ4n) is 13.6. The van der Waals surface area contributed by atoms with Gasteiger partial charge in [0.05, 0.1) is 100 Å². The van der Waals surface area contributed by atoms with Crippen LogP contribution in [0.3, 0.4) is 0 Å². The molecular weight excluding hydrogens is 1340 g/mol. The van der Waals surface area contributed by atoms with Crippen LogP contribution in [0.1, 0.15) is 142 Å². The number of thiazole rings is 2. The Morgan fingerprint density at radius 3 is 1.39 bits per heavy atom. The van der Waals surface area contributed by atoms with Gasteiger partial charge in [-0.1, -0.05) is 99.2 Å². The predicted molar refractivity (Wildman–Crippen MR) is 405 cm³/mol. The molecule has 0 aliphatic heterocycles. The van der Waals surface area contributed by atoms with Crippen molar-refractivity contribution in [3.05, 3.63) is 191 Å². The van der Waals surface area contributed by atoms with Gasteiger partial charge in [-0.25, -0.2) is 51.4 Å². The molecule has 0 atom stereocenters. The molecule has 6 aromatic heterocycles. The summed E-state index contributed by atoms with van der Waals surface area (Å²) in [6.45, 7) is 23.4. The lowest BCUT2D eigenvalue weighted by Gasteiger charge is -2.24. The lowest BCUT2D eigenvalue weighted by molar-refractivity contribution is -0.122. The van der Waals surface area contributed by atoms with Crippen LogP contribution in [0.2, 0.25) is 0 Å². The van der Waals surface area contributed by atoms with E-state index in [1.54, 1.807) is 47.0 Å². The third-order valence-corrected chi connectivity index (χ3v) is 22.1. The second kappa shape index (κ2) is 32.8. The fraction of sp³-hybridized carbons (Fsp3) is 0.325. The summed E-state index contributed by atoms with van der Waals surface area (Å²) in [5.41, 5.74) is 14.1. The number of carbonyl (C=O) groups excluding carboxylic acids is 4. The van der Waals surface area contributed by atoms with Gasteiger partial charge >= 0.3 is 5.97 Å². The van der Waals surface area contributed by atoms with E-state index in [4.69, 9.17) is 14.7 Å². The topological polar surface area (TPSA) is 269 Å². The molecule has 19 nitrogen and oxygen atoms in total. The molecule has 0 unspecified atom stereocenters. The van der Waals surface area contributed by atoms with Crippen LogP contribution in [0.4, 0.5) is 0 Å². The highest BCUT2D eigenvalue weighted by atomic mass is 32.2.